The molecule has 1 aromatic carbocycles. The molecule has 0 spiro atoms. The SMILES string of the molecule is Cc1cc2cc(C(=O)NC(C)CCO)oc2cc1C. The first kappa shape index (κ1) is 13.6. The lowest BCUT2D eigenvalue weighted by atomic mass is 10.1. The molecule has 0 saturated carbocycles. The summed E-state index contributed by atoms with van der Waals surface area (Å²) in [5.41, 5.74) is 3.04. The third-order valence-corrected chi connectivity index (χ3v) is 3.30. The van der Waals surface area contributed by atoms with Gasteiger partial charge in [0.25, 0.3) is 5.91 Å². The highest BCUT2D eigenvalue weighted by Crippen LogP contribution is 2.23. The molecule has 1 amide bonds. The zero-order valence-corrected chi connectivity index (χ0v) is 11.5. The lowest BCUT2D eigenvalue weighted by Crippen LogP contribution is -2.32. The summed E-state index contributed by atoms with van der Waals surface area (Å²) in [7, 11) is 0. The number of carbonyl (C=O) groups is 1. The van der Waals surface area contributed by atoms with Crippen LogP contribution in [0.15, 0.2) is 22.6 Å². The molecule has 1 heterocycles. The summed E-state index contributed by atoms with van der Waals surface area (Å²) >= 11 is 0. The number of carbonyl (C=O) groups excluding carboxylic acids is 1. The molecular weight excluding hydrogens is 242 g/mol. The van der Waals surface area contributed by atoms with Crippen LogP contribution in [-0.4, -0.2) is 23.7 Å². The zero-order chi connectivity index (χ0) is 14.0. The number of benzene rings is 1. The predicted molar refractivity (Wildman–Crippen MR) is 74.3 cm³/mol. The maximum Gasteiger partial charge on any atom is 0.287 e. The lowest BCUT2D eigenvalue weighted by molar-refractivity contribution is 0.0908. The van der Waals surface area contributed by atoms with E-state index in [0.717, 1.165) is 16.5 Å². The van der Waals surface area contributed by atoms with E-state index >= 15 is 0 Å². The number of amides is 1. The lowest BCUT2D eigenvalue weighted by Gasteiger charge is -2.10. The Morgan fingerprint density at radius 3 is 2.68 bits per heavy atom. The van der Waals surface area contributed by atoms with Crippen LogP contribution in [0.1, 0.15) is 35.0 Å². The molecule has 4 nitrogen and oxygen atoms in total. The second-order valence-corrected chi connectivity index (χ2v) is 4.97. The Morgan fingerprint density at radius 1 is 1.32 bits per heavy atom. The minimum atomic E-state index is -0.243. The quantitative estimate of drug-likeness (QED) is 0.889. The van der Waals surface area contributed by atoms with Crippen LogP contribution in [0, 0.1) is 13.8 Å². The molecule has 0 aliphatic heterocycles. The summed E-state index contributed by atoms with van der Waals surface area (Å²) in [6.45, 7) is 5.95. The number of hydrogen-bond donors (Lipinski definition) is 2. The molecule has 1 unspecified atom stereocenters. The molecule has 102 valence electrons. The molecule has 0 saturated heterocycles. The van der Waals surface area contributed by atoms with Gasteiger partial charge >= 0.3 is 0 Å². The molecule has 0 aliphatic rings. The average Bonchev–Trinajstić information content (AvgIpc) is 2.73. The van der Waals surface area contributed by atoms with Gasteiger partial charge < -0.3 is 14.8 Å². The van der Waals surface area contributed by atoms with Crippen molar-refractivity contribution in [2.45, 2.75) is 33.2 Å². The summed E-state index contributed by atoms with van der Waals surface area (Å²) in [4.78, 5) is 12.0. The number of nitrogens with one attached hydrogen (secondary N) is 1. The number of hydrogen-bond acceptors (Lipinski definition) is 3. The first-order chi connectivity index (χ1) is 9.01. The molecule has 4 heteroatoms. The van der Waals surface area contributed by atoms with E-state index in [0.29, 0.717) is 12.2 Å². The van der Waals surface area contributed by atoms with Crippen LogP contribution in [0.3, 0.4) is 0 Å². The van der Waals surface area contributed by atoms with Crippen molar-refractivity contribution >= 4 is 16.9 Å². The van der Waals surface area contributed by atoms with Gasteiger partial charge in [0, 0.05) is 18.0 Å². The highest BCUT2D eigenvalue weighted by atomic mass is 16.3. The molecular formula is C15H19NO3. The molecule has 1 atom stereocenters. The topological polar surface area (TPSA) is 62.5 Å². The van der Waals surface area contributed by atoms with Gasteiger partial charge in [-0.2, -0.15) is 0 Å². The molecule has 1 aromatic heterocycles. The fourth-order valence-corrected chi connectivity index (χ4v) is 1.98. The second kappa shape index (κ2) is 5.45. The standard InChI is InChI=1S/C15H19NO3/c1-9-6-12-8-14(19-13(12)7-10(9)2)15(18)16-11(3)4-5-17/h6-8,11,17H,4-5H2,1-3H3,(H,16,18). The van der Waals surface area contributed by atoms with Crippen LogP contribution >= 0.6 is 0 Å². The Hall–Kier alpha value is -1.81. The Kier molecular flexibility index (Phi) is 3.90. The largest absolute Gasteiger partial charge is 0.451 e. The Balaban J connectivity index is 2.23. The molecule has 0 bridgehead atoms. The monoisotopic (exact) mass is 261 g/mol. The van der Waals surface area contributed by atoms with Crippen molar-refractivity contribution < 1.29 is 14.3 Å². The molecule has 19 heavy (non-hydrogen) atoms. The van der Waals surface area contributed by atoms with E-state index < -0.39 is 0 Å². The van der Waals surface area contributed by atoms with Gasteiger partial charge in [0.15, 0.2) is 5.76 Å². The van der Waals surface area contributed by atoms with Gasteiger partial charge in [0.1, 0.15) is 5.58 Å². The molecule has 0 aliphatic carbocycles. The van der Waals surface area contributed by atoms with Crippen LogP contribution in [0.4, 0.5) is 0 Å². The minimum absolute atomic E-state index is 0.0555. The Morgan fingerprint density at radius 2 is 2.00 bits per heavy atom. The van der Waals surface area contributed by atoms with Gasteiger partial charge in [-0.15, -0.1) is 0 Å². The van der Waals surface area contributed by atoms with Gasteiger partial charge in [0.2, 0.25) is 0 Å². The molecule has 2 aromatic rings. The van der Waals surface area contributed by atoms with Crippen LogP contribution in [0.5, 0.6) is 0 Å². The van der Waals surface area contributed by atoms with Crippen molar-refractivity contribution in [3.8, 4) is 0 Å². The first-order valence-electron chi connectivity index (χ1n) is 6.43. The maximum atomic E-state index is 12.0. The third-order valence-electron chi connectivity index (χ3n) is 3.30. The third kappa shape index (κ3) is 2.96. The predicted octanol–water partition coefficient (Wildman–Crippen LogP) is 2.55. The summed E-state index contributed by atoms with van der Waals surface area (Å²) in [6.07, 6.45) is 0.532. The normalized spacial score (nSPS) is 12.6. The summed E-state index contributed by atoms with van der Waals surface area (Å²) in [5, 5.41) is 12.5. The number of furan rings is 1. The van der Waals surface area contributed by atoms with Crippen molar-refractivity contribution in [2.75, 3.05) is 6.61 Å². The number of aliphatic hydroxyl groups is 1. The summed E-state index contributed by atoms with van der Waals surface area (Å²) in [6, 6.07) is 5.64. The number of aryl methyl sites for hydroxylation is 2. The average molecular weight is 261 g/mol. The van der Waals surface area contributed by atoms with Gasteiger partial charge in [0.05, 0.1) is 0 Å². The van der Waals surface area contributed by atoms with Crippen molar-refractivity contribution in [1.29, 1.82) is 0 Å². The van der Waals surface area contributed by atoms with Crippen molar-refractivity contribution in [2.24, 2.45) is 0 Å². The number of aliphatic hydroxyl groups excluding tert-OH is 1. The smallest absolute Gasteiger partial charge is 0.287 e. The van der Waals surface area contributed by atoms with E-state index in [9.17, 15) is 4.79 Å². The Bertz CT molecular complexity index is 562. The van der Waals surface area contributed by atoms with Crippen molar-refractivity contribution in [3.63, 3.8) is 0 Å². The van der Waals surface area contributed by atoms with E-state index in [-0.39, 0.29) is 18.6 Å². The molecule has 2 N–H and O–H groups in total. The van der Waals surface area contributed by atoms with Gasteiger partial charge in [-0.1, -0.05) is 0 Å². The van der Waals surface area contributed by atoms with Gasteiger partial charge in [-0.25, -0.2) is 0 Å². The van der Waals surface area contributed by atoms with E-state index in [2.05, 4.69) is 5.32 Å². The second-order valence-electron chi connectivity index (χ2n) is 4.97. The van der Waals surface area contributed by atoms with Crippen LogP contribution in [-0.2, 0) is 0 Å². The van der Waals surface area contributed by atoms with Gasteiger partial charge in [-0.3, -0.25) is 4.79 Å². The highest BCUT2D eigenvalue weighted by Gasteiger charge is 2.14. The minimum Gasteiger partial charge on any atom is -0.451 e. The molecule has 2 rings (SSSR count). The van der Waals surface area contributed by atoms with Gasteiger partial charge in [-0.05, 0) is 56.5 Å². The number of fused-ring (bicyclic) bond motifs is 1. The Labute approximate surface area is 112 Å². The summed E-state index contributed by atoms with van der Waals surface area (Å²) in [5.74, 6) is 0.0669. The van der Waals surface area contributed by atoms with Crippen molar-refractivity contribution in [1.82, 2.24) is 5.32 Å². The number of rotatable bonds is 4. The first-order valence-corrected chi connectivity index (χ1v) is 6.43. The zero-order valence-electron chi connectivity index (χ0n) is 11.5. The van der Waals surface area contributed by atoms with Crippen LogP contribution in [0.25, 0.3) is 11.0 Å². The molecule has 0 fully saturated rings. The van der Waals surface area contributed by atoms with Crippen molar-refractivity contribution in [3.05, 3.63) is 35.1 Å². The van der Waals surface area contributed by atoms with E-state index in [1.807, 2.05) is 32.9 Å². The van der Waals surface area contributed by atoms with E-state index in [1.165, 1.54) is 5.56 Å². The van der Waals surface area contributed by atoms with Crippen LogP contribution in [0.2, 0.25) is 0 Å². The summed E-state index contributed by atoms with van der Waals surface area (Å²) < 4.78 is 5.57. The van der Waals surface area contributed by atoms with E-state index in [4.69, 9.17) is 9.52 Å². The highest BCUT2D eigenvalue weighted by molar-refractivity contribution is 5.96. The van der Waals surface area contributed by atoms with E-state index in [1.54, 1.807) is 6.07 Å². The fraction of sp³-hybridized carbons (Fsp3) is 0.400. The maximum absolute atomic E-state index is 12.0. The fourth-order valence-electron chi connectivity index (χ4n) is 1.98. The molecule has 0 radical (unpaired) electrons. The van der Waals surface area contributed by atoms with Crippen LogP contribution < -0.4 is 5.32 Å².